The zero-order chi connectivity index (χ0) is 28.6. The van der Waals surface area contributed by atoms with E-state index in [9.17, 15) is 10.1 Å². The number of thiocarbonyl (C=S) groups is 1. The van der Waals surface area contributed by atoms with Gasteiger partial charge in [-0.2, -0.15) is 0 Å². The predicted octanol–water partition coefficient (Wildman–Crippen LogP) is 5.60. The highest BCUT2D eigenvalue weighted by atomic mass is 32.1. The van der Waals surface area contributed by atoms with Crippen molar-refractivity contribution in [1.82, 2.24) is 14.9 Å². The minimum absolute atomic E-state index is 0.0415. The monoisotopic (exact) mass is 559 g/mol. The molecule has 0 saturated carbocycles. The maximum atomic E-state index is 11.4. The molecule has 4 aromatic rings. The van der Waals surface area contributed by atoms with Gasteiger partial charge in [0.25, 0.3) is 5.69 Å². The van der Waals surface area contributed by atoms with Gasteiger partial charge in [0.15, 0.2) is 5.11 Å². The molecular weight excluding hydrogens is 530 g/mol. The van der Waals surface area contributed by atoms with E-state index in [1.807, 2.05) is 59.7 Å². The van der Waals surface area contributed by atoms with Crippen LogP contribution in [0.4, 0.5) is 11.4 Å². The second-order valence-corrected chi connectivity index (χ2v) is 9.70. The van der Waals surface area contributed by atoms with Crippen molar-refractivity contribution >= 4 is 28.7 Å². The number of non-ortho nitro benzene ring substituents is 1. The number of hydrogen-bond acceptors (Lipinski definition) is 7. The summed E-state index contributed by atoms with van der Waals surface area (Å²) in [5.74, 6) is 1.71. The van der Waals surface area contributed by atoms with Crippen LogP contribution in [0.25, 0.3) is 5.69 Å². The topological polar surface area (TPSA) is 104 Å². The van der Waals surface area contributed by atoms with Crippen molar-refractivity contribution in [2.24, 2.45) is 0 Å². The van der Waals surface area contributed by atoms with Crippen LogP contribution >= 0.6 is 12.2 Å². The number of nitro benzene ring substituents is 1. The van der Waals surface area contributed by atoms with Crippen LogP contribution in [0.1, 0.15) is 34.7 Å². The van der Waals surface area contributed by atoms with E-state index in [0.717, 1.165) is 28.3 Å². The minimum atomic E-state index is -0.435. The summed E-state index contributed by atoms with van der Waals surface area (Å²) in [6, 6.07) is 17.5. The third kappa shape index (κ3) is 4.58. The number of nitrogens with one attached hydrogen (secondary N) is 1. The molecule has 1 N–H and O–H groups in total. The summed E-state index contributed by atoms with van der Waals surface area (Å²) >= 11 is 5.92. The van der Waals surface area contributed by atoms with E-state index in [4.69, 9.17) is 26.4 Å². The molecule has 40 heavy (non-hydrogen) atoms. The normalized spacial score (nSPS) is 16.5. The summed E-state index contributed by atoms with van der Waals surface area (Å²) in [5.41, 5.74) is 5.08. The number of methoxy groups -OCH3 is 3. The van der Waals surface area contributed by atoms with E-state index in [2.05, 4.69) is 16.4 Å². The molecule has 1 aliphatic rings. The number of aryl methyl sites for hydroxylation is 1. The fraction of sp³-hybridized carbons (Fsp3) is 0.241. The number of aromatic nitrogens is 2. The number of anilines is 1. The van der Waals surface area contributed by atoms with Crippen molar-refractivity contribution in [3.05, 3.63) is 99.6 Å². The standard InChI is InChI=1S/C29H29N5O5S/c1-17-14-21(18(2)32(17)23-11-9-19(34(35)36)15-26(23)39-5)28-27(22-8-6-7-13-30-22)31-29(40)33(28)24-16-20(37-3)10-12-25(24)38-4/h6-16,27-28H,1-5H3,(H,31,40)/t27-,28-/m1/s1. The number of ether oxygens (including phenoxy) is 3. The van der Waals surface area contributed by atoms with E-state index >= 15 is 0 Å². The van der Waals surface area contributed by atoms with Gasteiger partial charge in [-0.05, 0) is 68.0 Å². The van der Waals surface area contributed by atoms with Crippen LogP contribution in [0.3, 0.4) is 0 Å². The molecule has 0 aliphatic carbocycles. The number of pyridine rings is 1. The van der Waals surface area contributed by atoms with Crippen LogP contribution in [0.5, 0.6) is 17.2 Å². The van der Waals surface area contributed by atoms with Crippen LogP contribution in [0.2, 0.25) is 0 Å². The van der Waals surface area contributed by atoms with Gasteiger partial charge < -0.3 is 29.0 Å². The Morgan fingerprint density at radius 2 is 1.73 bits per heavy atom. The van der Waals surface area contributed by atoms with Gasteiger partial charge in [0, 0.05) is 29.7 Å². The van der Waals surface area contributed by atoms with Crippen LogP contribution in [-0.2, 0) is 0 Å². The average Bonchev–Trinajstić information content (AvgIpc) is 3.46. The summed E-state index contributed by atoms with van der Waals surface area (Å²) in [4.78, 5) is 17.6. The Morgan fingerprint density at radius 3 is 2.38 bits per heavy atom. The highest BCUT2D eigenvalue weighted by molar-refractivity contribution is 7.80. The minimum Gasteiger partial charge on any atom is -0.497 e. The molecule has 3 heterocycles. The fourth-order valence-electron chi connectivity index (χ4n) is 5.34. The zero-order valence-electron chi connectivity index (χ0n) is 22.7. The van der Waals surface area contributed by atoms with Crippen molar-refractivity contribution < 1.29 is 19.1 Å². The van der Waals surface area contributed by atoms with Crippen molar-refractivity contribution in [3.63, 3.8) is 0 Å². The number of nitrogens with zero attached hydrogens (tertiary/aromatic N) is 4. The summed E-state index contributed by atoms with van der Waals surface area (Å²) in [5, 5.41) is 15.4. The molecule has 2 atom stereocenters. The molecule has 10 nitrogen and oxygen atoms in total. The highest BCUT2D eigenvalue weighted by Gasteiger charge is 2.43. The lowest BCUT2D eigenvalue weighted by Gasteiger charge is -2.29. The summed E-state index contributed by atoms with van der Waals surface area (Å²) in [6.45, 7) is 4.01. The zero-order valence-corrected chi connectivity index (χ0v) is 23.6. The van der Waals surface area contributed by atoms with E-state index in [1.54, 1.807) is 26.5 Å². The first-order chi connectivity index (χ1) is 19.3. The molecule has 11 heteroatoms. The highest BCUT2D eigenvalue weighted by Crippen LogP contribution is 2.47. The number of rotatable bonds is 8. The lowest BCUT2D eigenvalue weighted by Crippen LogP contribution is -2.30. The smallest absolute Gasteiger partial charge is 0.273 e. The molecular formula is C29H29N5O5S. The molecule has 0 unspecified atom stereocenters. The maximum Gasteiger partial charge on any atom is 0.273 e. The molecule has 2 aromatic carbocycles. The Kier molecular flexibility index (Phi) is 7.31. The molecule has 2 aromatic heterocycles. The van der Waals surface area contributed by atoms with Gasteiger partial charge in [-0.1, -0.05) is 6.07 Å². The largest absolute Gasteiger partial charge is 0.497 e. The SMILES string of the molecule is COc1ccc(OC)c(N2C(=S)N[C@H](c3ccccn3)[C@H]2c2cc(C)n(-c3ccc([N+](=O)[O-])cc3OC)c2C)c1. The third-order valence-corrected chi connectivity index (χ3v) is 7.46. The van der Waals surface area contributed by atoms with Gasteiger partial charge in [0.1, 0.15) is 17.2 Å². The molecule has 5 rings (SSSR count). The molecule has 0 spiro atoms. The first-order valence-corrected chi connectivity index (χ1v) is 12.9. The quantitative estimate of drug-likeness (QED) is 0.168. The lowest BCUT2D eigenvalue weighted by atomic mass is 9.96. The van der Waals surface area contributed by atoms with Crippen LogP contribution in [0, 0.1) is 24.0 Å². The van der Waals surface area contributed by atoms with Crippen molar-refractivity contribution in [3.8, 4) is 22.9 Å². The van der Waals surface area contributed by atoms with Gasteiger partial charge in [-0.25, -0.2) is 0 Å². The second-order valence-electron chi connectivity index (χ2n) is 9.31. The second kappa shape index (κ2) is 10.9. The van der Waals surface area contributed by atoms with Crippen molar-refractivity contribution in [2.75, 3.05) is 26.2 Å². The summed E-state index contributed by atoms with van der Waals surface area (Å²) in [7, 11) is 4.74. The van der Waals surface area contributed by atoms with Crippen molar-refractivity contribution in [2.45, 2.75) is 25.9 Å². The van der Waals surface area contributed by atoms with Gasteiger partial charge in [0.05, 0.1) is 61.5 Å². The van der Waals surface area contributed by atoms with Crippen LogP contribution < -0.4 is 24.4 Å². The number of benzene rings is 2. The van der Waals surface area contributed by atoms with E-state index < -0.39 is 4.92 Å². The maximum absolute atomic E-state index is 11.4. The van der Waals surface area contributed by atoms with Gasteiger partial charge in [-0.15, -0.1) is 0 Å². The van der Waals surface area contributed by atoms with E-state index in [1.165, 1.54) is 19.2 Å². The van der Waals surface area contributed by atoms with Crippen molar-refractivity contribution in [1.29, 1.82) is 0 Å². The lowest BCUT2D eigenvalue weighted by molar-refractivity contribution is -0.384. The Labute approximate surface area is 237 Å². The van der Waals surface area contributed by atoms with E-state index in [-0.39, 0.29) is 17.8 Å². The van der Waals surface area contributed by atoms with Gasteiger partial charge in [-0.3, -0.25) is 15.1 Å². The van der Waals surface area contributed by atoms with Crippen LogP contribution in [0.15, 0.2) is 66.9 Å². The molecule has 1 saturated heterocycles. The van der Waals surface area contributed by atoms with Gasteiger partial charge in [0.2, 0.25) is 0 Å². The summed E-state index contributed by atoms with van der Waals surface area (Å²) < 4.78 is 18.9. The number of hydrogen-bond donors (Lipinski definition) is 1. The molecule has 0 radical (unpaired) electrons. The molecule has 206 valence electrons. The Balaban J connectivity index is 1.72. The Bertz CT molecular complexity index is 1590. The molecule has 1 aliphatic heterocycles. The van der Waals surface area contributed by atoms with Gasteiger partial charge >= 0.3 is 0 Å². The fourth-order valence-corrected chi connectivity index (χ4v) is 5.68. The average molecular weight is 560 g/mol. The summed E-state index contributed by atoms with van der Waals surface area (Å²) in [6.07, 6.45) is 1.76. The first kappa shape index (κ1) is 26.9. The first-order valence-electron chi connectivity index (χ1n) is 12.5. The predicted molar refractivity (Wildman–Crippen MR) is 156 cm³/mol. The molecule has 1 fully saturated rings. The van der Waals surface area contributed by atoms with Crippen LogP contribution in [-0.4, -0.2) is 40.9 Å². The molecule has 0 bridgehead atoms. The molecule has 0 amide bonds. The van der Waals surface area contributed by atoms with E-state index in [0.29, 0.717) is 28.0 Å². The Hall–Kier alpha value is -4.64. The third-order valence-electron chi connectivity index (χ3n) is 7.15. The number of nitro groups is 1. The Morgan fingerprint density at radius 1 is 0.950 bits per heavy atom.